The topological polar surface area (TPSA) is 90.2 Å². The van der Waals surface area contributed by atoms with E-state index < -0.39 is 0 Å². The Morgan fingerprint density at radius 1 is 1.69 bits per heavy atom. The van der Waals surface area contributed by atoms with E-state index in [0.717, 1.165) is 5.82 Å². The van der Waals surface area contributed by atoms with E-state index in [1.807, 2.05) is 29.8 Å². The summed E-state index contributed by atoms with van der Waals surface area (Å²) in [5, 5.41) is 0. The van der Waals surface area contributed by atoms with Crippen LogP contribution in [0.15, 0.2) is 12.4 Å². The van der Waals surface area contributed by atoms with Crippen LogP contribution in [0.4, 0.5) is 0 Å². The highest BCUT2D eigenvalue weighted by Crippen LogP contribution is 2.05. The first-order valence-electron chi connectivity index (χ1n) is 5.19. The molecule has 0 spiro atoms. The van der Waals surface area contributed by atoms with Crippen LogP contribution in [0.25, 0.3) is 0 Å². The fourth-order valence-electron chi connectivity index (χ4n) is 1.55. The zero-order chi connectivity index (χ0) is 12.1. The highest BCUT2D eigenvalue weighted by atomic mass is 16.1. The van der Waals surface area contributed by atoms with Gasteiger partial charge in [-0.1, -0.05) is 0 Å². The number of aryl methyl sites for hydroxylation is 1. The SMILES string of the molecule is CN(Cc1nccn1C)C(CN)CC(N)=O. The summed E-state index contributed by atoms with van der Waals surface area (Å²) in [5.74, 6) is 0.604. The molecule has 0 saturated carbocycles. The molecule has 1 amide bonds. The molecule has 1 rings (SSSR count). The number of aromatic nitrogens is 2. The van der Waals surface area contributed by atoms with Crippen molar-refractivity contribution in [1.82, 2.24) is 14.5 Å². The van der Waals surface area contributed by atoms with Crippen LogP contribution in [0.3, 0.4) is 0 Å². The van der Waals surface area contributed by atoms with Gasteiger partial charge in [0.05, 0.1) is 6.54 Å². The van der Waals surface area contributed by atoms with E-state index >= 15 is 0 Å². The Labute approximate surface area is 95.2 Å². The number of nitrogens with zero attached hydrogens (tertiary/aromatic N) is 3. The van der Waals surface area contributed by atoms with E-state index in [0.29, 0.717) is 13.1 Å². The minimum atomic E-state index is -0.331. The van der Waals surface area contributed by atoms with Gasteiger partial charge in [0.1, 0.15) is 5.82 Å². The van der Waals surface area contributed by atoms with Crippen molar-refractivity contribution in [3.63, 3.8) is 0 Å². The van der Waals surface area contributed by atoms with Crippen LogP contribution in [0.1, 0.15) is 12.2 Å². The van der Waals surface area contributed by atoms with Gasteiger partial charge in [0.15, 0.2) is 0 Å². The molecular formula is C10H19N5O. The lowest BCUT2D eigenvalue weighted by Gasteiger charge is -2.25. The van der Waals surface area contributed by atoms with Gasteiger partial charge in [0.2, 0.25) is 5.91 Å². The van der Waals surface area contributed by atoms with Crippen LogP contribution in [0.5, 0.6) is 0 Å². The number of primary amides is 1. The first-order valence-corrected chi connectivity index (χ1v) is 5.19. The zero-order valence-electron chi connectivity index (χ0n) is 9.76. The molecule has 1 atom stereocenters. The summed E-state index contributed by atoms with van der Waals surface area (Å²) in [7, 11) is 3.84. The van der Waals surface area contributed by atoms with Crippen LogP contribution in [-0.2, 0) is 18.4 Å². The standard InChI is InChI=1S/C10H19N5O/c1-14-4-3-13-10(14)7-15(2)8(6-11)5-9(12)16/h3-4,8H,5-7,11H2,1-2H3,(H2,12,16). The molecule has 0 bridgehead atoms. The summed E-state index contributed by atoms with van der Waals surface area (Å²) in [6.45, 7) is 1.06. The number of rotatable bonds is 6. The Hall–Kier alpha value is -1.40. The van der Waals surface area contributed by atoms with Gasteiger partial charge in [-0.05, 0) is 7.05 Å². The fraction of sp³-hybridized carbons (Fsp3) is 0.600. The molecule has 0 aromatic carbocycles. The number of carbonyl (C=O) groups excluding carboxylic acids is 1. The number of hydrogen-bond acceptors (Lipinski definition) is 4. The average Bonchev–Trinajstić information content (AvgIpc) is 2.60. The first-order chi connectivity index (χ1) is 7.54. The van der Waals surface area contributed by atoms with E-state index in [1.165, 1.54) is 0 Å². The number of nitrogens with two attached hydrogens (primary N) is 2. The molecule has 16 heavy (non-hydrogen) atoms. The van der Waals surface area contributed by atoms with Crippen molar-refractivity contribution in [3.8, 4) is 0 Å². The molecule has 90 valence electrons. The quantitative estimate of drug-likeness (QED) is 0.653. The van der Waals surface area contributed by atoms with Crippen molar-refractivity contribution >= 4 is 5.91 Å². The van der Waals surface area contributed by atoms with Crippen molar-refractivity contribution < 1.29 is 4.79 Å². The average molecular weight is 225 g/mol. The summed E-state index contributed by atoms with van der Waals surface area (Å²) in [6.07, 6.45) is 3.90. The van der Waals surface area contributed by atoms with Crippen LogP contribution in [0.2, 0.25) is 0 Å². The van der Waals surface area contributed by atoms with Gasteiger partial charge in [0.25, 0.3) is 0 Å². The Morgan fingerprint density at radius 2 is 2.38 bits per heavy atom. The first kappa shape index (κ1) is 12.7. The number of hydrogen-bond donors (Lipinski definition) is 2. The summed E-state index contributed by atoms with van der Waals surface area (Å²) >= 11 is 0. The lowest BCUT2D eigenvalue weighted by Crippen LogP contribution is -2.40. The van der Waals surface area contributed by atoms with Gasteiger partial charge in [-0.3, -0.25) is 9.69 Å². The van der Waals surface area contributed by atoms with Crippen LogP contribution >= 0.6 is 0 Å². The highest BCUT2D eigenvalue weighted by molar-refractivity contribution is 5.74. The molecule has 0 saturated heterocycles. The maximum Gasteiger partial charge on any atom is 0.219 e. The molecule has 0 aliphatic heterocycles. The highest BCUT2D eigenvalue weighted by Gasteiger charge is 2.17. The molecule has 0 aliphatic rings. The van der Waals surface area contributed by atoms with Gasteiger partial charge in [0, 0.05) is 38.4 Å². The molecule has 0 radical (unpaired) electrons. The van der Waals surface area contributed by atoms with E-state index in [1.54, 1.807) is 6.20 Å². The Bertz CT molecular complexity index is 349. The molecule has 1 unspecified atom stereocenters. The Morgan fingerprint density at radius 3 is 2.81 bits per heavy atom. The maximum atomic E-state index is 10.9. The smallest absolute Gasteiger partial charge is 0.219 e. The maximum absolute atomic E-state index is 10.9. The van der Waals surface area contributed by atoms with Gasteiger partial charge < -0.3 is 16.0 Å². The lowest BCUT2D eigenvalue weighted by molar-refractivity contribution is -0.119. The van der Waals surface area contributed by atoms with E-state index in [9.17, 15) is 4.79 Å². The van der Waals surface area contributed by atoms with Gasteiger partial charge in [-0.15, -0.1) is 0 Å². The van der Waals surface area contributed by atoms with Gasteiger partial charge >= 0.3 is 0 Å². The third-order valence-electron chi connectivity index (χ3n) is 2.64. The van der Waals surface area contributed by atoms with Crippen molar-refractivity contribution in [2.45, 2.75) is 19.0 Å². The predicted molar refractivity (Wildman–Crippen MR) is 61.3 cm³/mol. The van der Waals surface area contributed by atoms with E-state index in [4.69, 9.17) is 11.5 Å². The minimum absolute atomic E-state index is 0.0331. The second-order valence-electron chi connectivity index (χ2n) is 3.93. The number of likely N-dealkylation sites (N-methyl/N-ethyl adjacent to an activating group) is 1. The molecule has 6 heteroatoms. The van der Waals surface area contributed by atoms with Crippen LogP contribution in [-0.4, -0.2) is 40.0 Å². The second kappa shape index (κ2) is 5.62. The Balaban J connectivity index is 2.59. The summed E-state index contributed by atoms with van der Waals surface area (Å²) in [5.41, 5.74) is 10.8. The van der Waals surface area contributed by atoms with Crippen LogP contribution in [0, 0.1) is 0 Å². The lowest BCUT2D eigenvalue weighted by atomic mass is 10.2. The Kier molecular flexibility index (Phi) is 4.45. The minimum Gasteiger partial charge on any atom is -0.370 e. The van der Waals surface area contributed by atoms with Crippen molar-refractivity contribution in [2.75, 3.05) is 13.6 Å². The van der Waals surface area contributed by atoms with Gasteiger partial charge in [-0.25, -0.2) is 4.98 Å². The normalized spacial score (nSPS) is 13.0. The monoisotopic (exact) mass is 225 g/mol. The molecule has 4 N–H and O–H groups in total. The summed E-state index contributed by atoms with van der Waals surface area (Å²) < 4.78 is 1.94. The van der Waals surface area contributed by atoms with E-state index in [2.05, 4.69) is 4.98 Å². The molecule has 0 fully saturated rings. The molecule has 1 heterocycles. The van der Waals surface area contributed by atoms with Gasteiger partial charge in [-0.2, -0.15) is 0 Å². The summed E-state index contributed by atoms with van der Waals surface area (Å²) in [4.78, 5) is 17.1. The fourth-order valence-corrected chi connectivity index (χ4v) is 1.55. The predicted octanol–water partition coefficient (Wildman–Crippen LogP) is -0.945. The molecule has 0 aliphatic carbocycles. The van der Waals surface area contributed by atoms with E-state index in [-0.39, 0.29) is 18.4 Å². The molecule has 1 aromatic rings. The molecule has 1 aromatic heterocycles. The van der Waals surface area contributed by atoms with Crippen molar-refractivity contribution in [3.05, 3.63) is 18.2 Å². The largest absolute Gasteiger partial charge is 0.370 e. The van der Waals surface area contributed by atoms with Crippen LogP contribution < -0.4 is 11.5 Å². The third-order valence-corrected chi connectivity index (χ3v) is 2.64. The molecular weight excluding hydrogens is 206 g/mol. The number of imidazole rings is 1. The second-order valence-corrected chi connectivity index (χ2v) is 3.93. The number of carbonyl (C=O) groups is 1. The third kappa shape index (κ3) is 3.32. The number of amides is 1. The van der Waals surface area contributed by atoms with Crippen molar-refractivity contribution in [1.29, 1.82) is 0 Å². The molecule has 6 nitrogen and oxygen atoms in total. The zero-order valence-corrected chi connectivity index (χ0v) is 9.76. The summed E-state index contributed by atoms with van der Waals surface area (Å²) in [6, 6.07) is -0.0331. The van der Waals surface area contributed by atoms with Crippen molar-refractivity contribution in [2.24, 2.45) is 18.5 Å².